The Labute approximate surface area is 75.3 Å². The van der Waals surface area contributed by atoms with Crippen molar-refractivity contribution in [2.75, 3.05) is 19.6 Å². The second-order valence-corrected chi connectivity index (χ2v) is 4.23. The van der Waals surface area contributed by atoms with Gasteiger partial charge in [-0.25, -0.2) is 0 Å². The van der Waals surface area contributed by atoms with Crippen LogP contribution in [0.3, 0.4) is 0 Å². The third-order valence-electron chi connectivity index (χ3n) is 3.36. The van der Waals surface area contributed by atoms with E-state index in [1.165, 1.54) is 45.3 Å². The first kappa shape index (κ1) is 8.52. The number of nitrogens with zero attached hydrogens (tertiary/aromatic N) is 1. The standard InChI is InChI=1S/C10H20N2/c1-9-4-2-3-7-12(9)10-5-6-11-8-10/h9-11H,2-8H2,1H3/t9-,10-/m0/s1. The molecule has 0 bridgehead atoms. The second kappa shape index (κ2) is 3.75. The highest BCUT2D eigenvalue weighted by molar-refractivity contribution is 4.85. The SMILES string of the molecule is C[C@H]1CCCCN1[C@H]1CCNC1. The minimum atomic E-state index is 0.837. The van der Waals surface area contributed by atoms with Gasteiger partial charge in [0.05, 0.1) is 0 Å². The number of rotatable bonds is 1. The van der Waals surface area contributed by atoms with Gasteiger partial charge in [0.15, 0.2) is 0 Å². The molecule has 2 rings (SSSR count). The highest BCUT2D eigenvalue weighted by Crippen LogP contribution is 2.21. The molecular formula is C10H20N2. The van der Waals surface area contributed by atoms with Crippen LogP contribution in [0.15, 0.2) is 0 Å². The van der Waals surface area contributed by atoms with Crippen LogP contribution < -0.4 is 5.32 Å². The Balaban J connectivity index is 1.91. The number of hydrogen-bond donors (Lipinski definition) is 1. The van der Waals surface area contributed by atoms with Crippen molar-refractivity contribution < 1.29 is 0 Å². The van der Waals surface area contributed by atoms with Gasteiger partial charge in [-0.05, 0) is 39.3 Å². The fraction of sp³-hybridized carbons (Fsp3) is 1.00. The molecular weight excluding hydrogens is 148 g/mol. The summed E-state index contributed by atoms with van der Waals surface area (Å²) < 4.78 is 0. The summed E-state index contributed by atoms with van der Waals surface area (Å²) in [5.74, 6) is 0. The van der Waals surface area contributed by atoms with Crippen molar-refractivity contribution in [1.82, 2.24) is 10.2 Å². The van der Waals surface area contributed by atoms with Gasteiger partial charge in [0, 0.05) is 18.6 Å². The van der Waals surface area contributed by atoms with Gasteiger partial charge >= 0.3 is 0 Å². The molecule has 0 aromatic rings. The normalized spacial score (nSPS) is 38.8. The third kappa shape index (κ3) is 1.64. The lowest BCUT2D eigenvalue weighted by atomic mass is 10.0. The zero-order valence-corrected chi connectivity index (χ0v) is 8.05. The summed E-state index contributed by atoms with van der Waals surface area (Å²) in [6.07, 6.45) is 5.64. The first-order valence-corrected chi connectivity index (χ1v) is 5.34. The average molecular weight is 168 g/mol. The van der Waals surface area contributed by atoms with Crippen molar-refractivity contribution in [2.24, 2.45) is 0 Å². The molecule has 2 fully saturated rings. The topological polar surface area (TPSA) is 15.3 Å². The first-order chi connectivity index (χ1) is 5.88. The Bertz CT molecular complexity index is 141. The van der Waals surface area contributed by atoms with Crippen molar-refractivity contribution >= 4 is 0 Å². The second-order valence-electron chi connectivity index (χ2n) is 4.23. The van der Waals surface area contributed by atoms with Crippen molar-refractivity contribution in [1.29, 1.82) is 0 Å². The van der Waals surface area contributed by atoms with Crippen LogP contribution >= 0.6 is 0 Å². The van der Waals surface area contributed by atoms with Gasteiger partial charge in [-0.15, -0.1) is 0 Å². The van der Waals surface area contributed by atoms with E-state index in [1.807, 2.05) is 0 Å². The highest BCUT2D eigenvalue weighted by Gasteiger charge is 2.27. The molecule has 12 heavy (non-hydrogen) atoms. The lowest BCUT2D eigenvalue weighted by Crippen LogP contribution is -2.45. The van der Waals surface area contributed by atoms with Crippen LogP contribution in [0.4, 0.5) is 0 Å². The molecule has 2 saturated heterocycles. The van der Waals surface area contributed by atoms with Crippen molar-refractivity contribution in [3.05, 3.63) is 0 Å². The van der Waals surface area contributed by atoms with Crippen LogP contribution in [-0.2, 0) is 0 Å². The Kier molecular flexibility index (Phi) is 2.66. The Morgan fingerprint density at radius 3 is 2.83 bits per heavy atom. The smallest absolute Gasteiger partial charge is 0.0235 e. The van der Waals surface area contributed by atoms with E-state index in [1.54, 1.807) is 0 Å². The molecule has 0 amide bonds. The van der Waals surface area contributed by atoms with E-state index in [9.17, 15) is 0 Å². The molecule has 2 atom stereocenters. The van der Waals surface area contributed by atoms with Crippen LogP contribution in [0.25, 0.3) is 0 Å². The van der Waals surface area contributed by atoms with E-state index in [0.717, 1.165) is 12.1 Å². The molecule has 1 N–H and O–H groups in total. The largest absolute Gasteiger partial charge is 0.315 e. The summed E-state index contributed by atoms with van der Waals surface area (Å²) in [6, 6.07) is 1.68. The number of piperidine rings is 1. The maximum atomic E-state index is 3.45. The van der Waals surface area contributed by atoms with Gasteiger partial charge < -0.3 is 5.32 Å². The summed E-state index contributed by atoms with van der Waals surface area (Å²) >= 11 is 0. The number of hydrogen-bond acceptors (Lipinski definition) is 2. The minimum absolute atomic E-state index is 0.837. The predicted octanol–water partition coefficient (Wildman–Crippen LogP) is 1.22. The molecule has 0 spiro atoms. The zero-order chi connectivity index (χ0) is 8.39. The van der Waals surface area contributed by atoms with Crippen molar-refractivity contribution in [3.8, 4) is 0 Å². The molecule has 0 aliphatic carbocycles. The van der Waals surface area contributed by atoms with Crippen LogP contribution in [0.1, 0.15) is 32.6 Å². The van der Waals surface area contributed by atoms with Crippen molar-refractivity contribution in [3.63, 3.8) is 0 Å². The summed E-state index contributed by atoms with van der Waals surface area (Å²) in [5, 5.41) is 3.45. The average Bonchev–Trinajstić information content (AvgIpc) is 2.57. The maximum Gasteiger partial charge on any atom is 0.0235 e. The van der Waals surface area contributed by atoms with Gasteiger partial charge in [0.1, 0.15) is 0 Å². The molecule has 2 aliphatic heterocycles. The van der Waals surface area contributed by atoms with Crippen LogP contribution in [0.5, 0.6) is 0 Å². The molecule has 0 aromatic heterocycles. The Hall–Kier alpha value is -0.0800. The highest BCUT2D eigenvalue weighted by atomic mass is 15.2. The number of likely N-dealkylation sites (tertiary alicyclic amines) is 1. The molecule has 0 unspecified atom stereocenters. The first-order valence-electron chi connectivity index (χ1n) is 5.34. The van der Waals surface area contributed by atoms with Gasteiger partial charge in [0.2, 0.25) is 0 Å². The molecule has 2 heterocycles. The molecule has 0 saturated carbocycles. The minimum Gasteiger partial charge on any atom is -0.315 e. The lowest BCUT2D eigenvalue weighted by molar-refractivity contribution is 0.114. The summed E-state index contributed by atoms with van der Waals surface area (Å²) in [7, 11) is 0. The molecule has 2 heteroatoms. The number of nitrogens with one attached hydrogen (secondary N) is 1. The molecule has 2 nitrogen and oxygen atoms in total. The molecule has 70 valence electrons. The van der Waals surface area contributed by atoms with E-state index in [4.69, 9.17) is 0 Å². The van der Waals surface area contributed by atoms with E-state index in [-0.39, 0.29) is 0 Å². The maximum absolute atomic E-state index is 3.45. The molecule has 0 radical (unpaired) electrons. The van der Waals surface area contributed by atoms with E-state index in [2.05, 4.69) is 17.1 Å². The lowest BCUT2D eigenvalue weighted by Gasteiger charge is -2.37. The van der Waals surface area contributed by atoms with Gasteiger partial charge in [-0.2, -0.15) is 0 Å². The fourth-order valence-corrected chi connectivity index (χ4v) is 2.59. The third-order valence-corrected chi connectivity index (χ3v) is 3.36. The predicted molar refractivity (Wildman–Crippen MR) is 51.3 cm³/mol. The van der Waals surface area contributed by atoms with Gasteiger partial charge in [-0.3, -0.25) is 4.90 Å². The van der Waals surface area contributed by atoms with Crippen molar-refractivity contribution in [2.45, 2.75) is 44.7 Å². The summed E-state index contributed by atoms with van der Waals surface area (Å²) in [5.41, 5.74) is 0. The van der Waals surface area contributed by atoms with Crippen LogP contribution in [0.2, 0.25) is 0 Å². The zero-order valence-electron chi connectivity index (χ0n) is 8.05. The fourth-order valence-electron chi connectivity index (χ4n) is 2.59. The quantitative estimate of drug-likeness (QED) is 0.633. The van der Waals surface area contributed by atoms with E-state index < -0.39 is 0 Å². The molecule has 2 aliphatic rings. The Morgan fingerprint density at radius 1 is 1.25 bits per heavy atom. The van der Waals surface area contributed by atoms with Gasteiger partial charge in [0.25, 0.3) is 0 Å². The summed E-state index contributed by atoms with van der Waals surface area (Å²) in [4.78, 5) is 2.71. The molecule has 0 aromatic carbocycles. The van der Waals surface area contributed by atoms with E-state index >= 15 is 0 Å². The van der Waals surface area contributed by atoms with E-state index in [0.29, 0.717) is 0 Å². The van der Waals surface area contributed by atoms with Crippen LogP contribution in [-0.4, -0.2) is 36.6 Å². The summed E-state index contributed by atoms with van der Waals surface area (Å²) in [6.45, 7) is 6.18. The monoisotopic (exact) mass is 168 g/mol. The Morgan fingerprint density at radius 2 is 2.17 bits per heavy atom. The van der Waals surface area contributed by atoms with Gasteiger partial charge in [-0.1, -0.05) is 6.42 Å². The van der Waals surface area contributed by atoms with Crippen LogP contribution in [0, 0.1) is 0 Å².